The zero-order valence-corrected chi connectivity index (χ0v) is 12.7. The summed E-state index contributed by atoms with van der Waals surface area (Å²) < 4.78 is 11.6. The molecule has 1 N–H and O–H groups in total. The molecule has 1 aromatic carbocycles. The number of ether oxygens (including phenoxy) is 2. The van der Waals surface area contributed by atoms with Gasteiger partial charge >= 0.3 is 0 Å². The molecule has 0 saturated carbocycles. The SMILES string of the molecule is C=CCC(C)NCc1cc2c(cc1OCC)CC(C)O2. The van der Waals surface area contributed by atoms with Crippen molar-refractivity contribution in [3.05, 3.63) is 35.9 Å². The van der Waals surface area contributed by atoms with E-state index in [9.17, 15) is 0 Å². The molecule has 20 heavy (non-hydrogen) atoms. The number of hydrogen-bond acceptors (Lipinski definition) is 3. The third-order valence-corrected chi connectivity index (χ3v) is 3.54. The van der Waals surface area contributed by atoms with E-state index in [0.29, 0.717) is 12.6 Å². The summed E-state index contributed by atoms with van der Waals surface area (Å²) in [7, 11) is 0. The molecule has 0 aromatic heterocycles. The lowest BCUT2D eigenvalue weighted by Crippen LogP contribution is -2.25. The van der Waals surface area contributed by atoms with Gasteiger partial charge in [-0.25, -0.2) is 0 Å². The Hall–Kier alpha value is -1.48. The summed E-state index contributed by atoms with van der Waals surface area (Å²) in [5.74, 6) is 1.98. The smallest absolute Gasteiger partial charge is 0.124 e. The maximum atomic E-state index is 5.84. The number of benzene rings is 1. The summed E-state index contributed by atoms with van der Waals surface area (Å²) in [5.41, 5.74) is 2.42. The lowest BCUT2D eigenvalue weighted by molar-refractivity contribution is 0.254. The first-order valence-corrected chi connectivity index (χ1v) is 7.43. The van der Waals surface area contributed by atoms with Gasteiger partial charge in [0.25, 0.3) is 0 Å². The van der Waals surface area contributed by atoms with Crippen molar-refractivity contribution in [2.75, 3.05) is 6.61 Å². The lowest BCUT2D eigenvalue weighted by Gasteiger charge is -2.16. The van der Waals surface area contributed by atoms with E-state index in [1.807, 2.05) is 13.0 Å². The summed E-state index contributed by atoms with van der Waals surface area (Å²) in [5, 5.41) is 3.49. The number of nitrogens with one attached hydrogen (secondary N) is 1. The van der Waals surface area contributed by atoms with E-state index >= 15 is 0 Å². The van der Waals surface area contributed by atoms with E-state index in [4.69, 9.17) is 9.47 Å². The van der Waals surface area contributed by atoms with Crippen LogP contribution in [0.3, 0.4) is 0 Å². The normalized spacial score (nSPS) is 18.2. The van der Waals surface area contributed by atoms with Crippen LogP contribution in [0.5, 0.6) is 11.5 Å². The number of hydrogen-bond donors (Lipinski definition) is 1. The van der Waals surface area contributed by atoms with Crippen molar-refractivity contribution in [2.45, 2.75) is 52.3 Å². The molecule has 2 rings (SSSR count). The Balaban J connectivity index is 2.13. The Labute approximate surface area is 122 Å². The summed E-state index contributed by atoms with van der Waals surface area (Å²) in [6, 6.07) is 4.67. The van der Waals surface area contributed by atoms with E-state index < -0.39 is 0 Å². The molecule has 3 nitrogen and oxygen atoms in total. The second-order valence-electron chi connectivity index (χ2n) is 5.44. The van der Waals surface area contributed by atoms with Gasteiger partial charge in [0.05, 0.1) is 6.61 Å². The standard InChI is InChI=1S/C17H25NO2/c1-5-7-12(3)18-11-15-10-17-14(8-13(4)20-17)9-16(15)19-6-2/h5,9-10,12-13,18H,1,6-8,11H2,2-4H3. The zero-order chi connectivity index (χ0) is 14.5. The molecule has 3 heteroatoms. The maximum Gasteiger partial charge on any atom is 0.124 e. The van der Waals surface area contributed by atoms with Gasteiger partial charge in [-0.15, -0.1) is 6.58 Å². The van der Waals surface area contributed by atoms with Crippen molar-refractivity contribution in [1.29, 1.82) is 0 Å². The van der Waals surface area contributed by atoms with Gasteiger partial charge in [-0.3, -0.25) is 0 Å². The maximum absolute atomic E-state index is 5.84. The molecule has 2 atom stereocenters. The van der Waals surface area contributed by atoms with Crippen LogP contribution in [-0.2, 0) is 13.0 Å². The molecule has 0 aliphatic carbocycles. The minimum absolute atomic E-state index is 0.266. The fourth-order valence-corrected chi connectivity index (χ4v) is 2.53. The van der Waals surface area contributed by atoms with Crippen molar-refractivity contribution >= 4 is 0 Å². The fraction of sp³-hybridized carbons (Fsp3) is 0.529. The molecule has 0 bridgehead atoms. The molecule has 0 radical (unpaired) electrons. The van der Waals surface area contributed by atoms with Gasteiger partial charge in [0.2, 0.25) is 0 Å². The Bertz CT molecular complexity index is 470. The van der Waals surface area contributed by atoms with Crippen LogP contribution in [0.15, 0.2) is 24.8 Å². The average Bonchev–Trinajstić information content (AvgIpc) is 2.76. The average molecular weight is 275 g/mol. The second-order valence-corrected chi connectivity index (χ2v) is 5.44. The van der Waals surface area contributed by atoms with Gasteiger partial charge in [-0.05, 0) is 39.3 Å². The van der Waals surface area contributed by atoms with Crippen LogP contribution < -0.4 is 14.8 Å². The molecule has 110 valence electrons. The fourth-order valence-electron chi connectivity index (χ4n) is 2.53. The van der Waals surface area contributed by atoms with Gasteiger partial charge in [-0.1, -0.05) is 6.08 Å². The molecule has 0 spiro atoms. The predicted molar refractivity (Wildman–Crippen MR) is 82.5 cm³/mol. The third kappa shape index (κ3) is 3.54. The molecule has 1 heterocycles. The highest BCUT2D eigenvalue weighted by molar-refractivity contribution is 5.48. The molecule has 0 fully saturated rings. The first kappa shape index (κ1) is 14.9. The second kappa shape index (κ2) is 6.80. The van der Waals surface area contributed by atoms with E-state index in [1.54, 1.807) is 0 Å². The molecule has 1 aliphatic rings. The van der Waals surface area contributed by atoms with Crippen LogP contribution in [0.25, 0.3) is 0 Å². The molecule has 0 saturated heterocycles. The van der Waals surface area contributed by atoms with Crippen LogP contribution in [0.4, 0.5) is 0 Å². The quantitative estimate of drug-likeness (QED) is 0.773. The minimum atomic E-state index is 0.266. The summed E-state index contributed by atoms with van der Waals surface area (Å²) in [6.07, 6.45) is 4.13. The molecule has 2 unspecified atom stereocenters. The van der Waals surface area contributed by atoms with Crippen LogP contribution in [0, 0.1) is 0 Å². The van der Waals surface area contributed by atoms with Gasteiger partial charge in [0, 0.05) is 30.1 Å². The molecule has 1 aliphatic heterocycles. The van der Waals surface area contributed by atoms with Gasteiger partial charge in [0.15, 0.2) is 0 Å². The van der Waals surface area contributed by atoms with E-state index in [-0.39, 0.29) is 6.10 Å². The number of rotatable bonds is 7. The highest BCUT2D eigenvalue weighted by atomic mass is 16.5. The van der Waals surface area contributed by atoms with E-state index in [0.717, 1.165) is 36.4 Å². The zero-order valence-electron chi connectivity index (χ0n) is 12.7. The topological polar surface area (TPSA) is 30.5 Å². The summed E-state index contributed by atoms with van der Waals surface area (Å²) in [4.78, 5) is 0. The van der Waals surface area contributed by atoms with Crippen LogP contribution >= 0.6 is 0 Å². The summed E-state index contributed by atoms with van der Waals surface area (Å²) >= 11 is 0. The molecule has 0 amide bonds. The molecular formula is C17H25NO2. The van der Waals surface area contributed by atoms with Crippen molar-refractivity contribution in [2.24, 2.45) is 0 Å². The van der Waals surface area contributed by atoms with Crippen LogP contribution in [0.1, 0.15) is 38.3 Å². The third-order valence-electron chi connectivity index (χ3n) is 3.54. The van der Waals surface area contributed by atoms with Crippen LogP contribution in [0.2, 0.25) is 0 Å². The first-order chi connectivity index (χ1) is 9.63. The van der Waals surface area contributed by atoms with Crippen molar-refractivity contribution in [3.63, 3.8) is 0 Å². The summed E-state index contributed by atoms with van der Waals surface area (Å²) in [6.45, 7) is 11.5. The predicted octanol–water partition coefficient (Wildman–Crippen LogP) is 3.46. The van der Waals surface area contributed by atoms with E-state index in [2.05, 4.69) is 37.9 Å². The Morgan fingerprint density at radius 2 is 2.35 bits per heavy atom. The van der Waals surface area contributed by atoms with E-state index in [1.165, 1.54) is 5.56 Å². The van der Waals surface area contributed by atoms with Crippen LogP contribution in [-0.4, -0.2) is 18.8 Å². The highest BCUT2D eigenvalue weighted by Gasteiger charge is 2.21. The van der Waals surface area contributed by atoms with Gasteiger partial charge in [0.1, 0.15) is 17.6 Å². The Morgan fingerprint density at radius 1 is 1.55 bits per heavy atom. The van der Waals surface area contributed by atoms with Crippen molar-refractivity contribution < 1.29 is 9.47 Å². The van der Waals surface area contributed by atoms with Gasteiger partial charge < -0.3 is 14.8 Å². The Morgan fingerprint density at radius 3 is 3.05 bits per heavy atom. The minimum Gasteiger partial charge on any atom is -0.494 e. The Kier molecular flexibility index (Phi) is 5.07. The number of fused-ring (bicyclic) bond motifs is 1. The highest BCUT2D eigenvalue weighted by Crippen LogP contribution is 2.35. The largest absolute Gasteiger partial charge is 0.494 e. The molecular weight excluding hydrogens is 250 g/mol. The lowest BCUT2D eigenvalue weighted by atomic mass is 10.1. The van der Waals surface area contributed by atoms with Gasteiger partial charge in [-0.2, -0.15) is 0 Å². The van der Waals surface area contributed by atoms with Crippen molar-refractivity contribution in [3.8, 4) is 11.5 Å². The first-order valence-electron chi connectivity index (χ1n) is 7.43. The molecule has 1 aromatic rings. The van der Waals surface area contributed by atoms with Crippen molar-refractivity contribution in [1.82, 2.24) is 5.32 Å². The monoisotopic (exact) mass is 275 g/mol.